The highest BCUT2D eigenvalue weighted by atomic mass is 16.5. The molecule has 0 spiro atoms. The number of ether oxygens (including phenoxy) is 1. The van der Waals surface area contributed by atoms with Crippen molar-refractivity contribution in [1.29, 1.82) is 0 Å². The van der Waals surface area contributed by atoms with Gasteiger partial charge >= 0.3 is 0 Å². The van der Waals surface area contributed by atoms with Gasteiger partial charge in [-0.1, -0.05) is 75.4 Å². The van der Waals surface area contributed by atoms with Crippen molar-refractivity contribution in [2.75, 3.05) is 24.3 Å². The topological polar surface area (TPSA) is 76.9 Å². The third kappa shape index (κ3) is 5.70. The van der Waals surface area contributed by atoms with Crippen molar-refractivity contribution in [3.05, 3.63) is 108 Å². The van der Waals surface area contributed by atoms with Crippen LogP contribution in [0.3, 0.4) is 0 Å². The lowest BCUT2D eigenvalue weighted by Crippen LogP contribution is -2.12. The van der Waals surface area contributed by atoms with Crippen molar-refractivity contribution < 1.29 is 4.74 Å². The van der Waals surface area contributed by atoms with E-state index in [-0.39, 0.29) is 5.41 Å². The molecule has 0 amide bonds. The molecular weight excluding hydrogens is 508 g/mol. The first-order valence-corrected chi connectivity index (χ1v) is 13.9. The molecular formula is C34H34N6O. The highest BCUT2D eigenvalue weighted by Crippen LogP contribution is 2.31. The van der Waals surface area contributed by atoms with Gasteiger partial charge in [0.1, 0.15) is 11.6 Å². The summed E-state index contributed by atoms with van der Waals surface area (Å²) >= 11 is 0. The van der Waals surface area contributed by atoms with E-state index in [1.54, 1.807) is 7.11 Å². The Labute approximate surface area is 240 Å². The molecule has 0 atom stereocenters. The average Bonchev–Trinajstić information content (AvgIpc) is 3.42. The molecule has 4 aromatic carbocycles. The predicted octanol–water partition coefficient (Wildman–Crippen LogP) is 7.67. The number of anilines is 3. The Hall–Kier alpha value is -4.91. The average molecular weight is 543 g/mol. The summed E-state index contributed by atoms with van der Waals surface area (Å²) < 4.78 is 7.24. The number of nitrogens with one attached hydrogen (secondary N) is 2. The normalized spacial score (nSPS) is 11.6. The van der Waals surface area contributed by atoms with Crippen molar-refractivity contribution in [3.8, 4) is 11.4 Å². The Morgan fingerprint density at radius 2 is 1.39 bits per heavy atom. The number of nitrogens with zero attached hydrogens (tertiary/aromatic N) is 4. The lowest BCUT2D eigenvalue weighted by Gasteiger charge is -2.15. The minimum absolute atomic E-state index is 0.121. The quantitative estimate of drug-likeness (QED) is 0.192. The molecule has 2 heterocycles. The molecule has 0 saturated carbocycles. The maximum absolute atomic E-state index is 5.30. The molecule has 6 rings (SSSR count). The molecule has 2 aromatic heterocycles. The minimum atomic E-state index is -0.121. The Bertz CT molecular complexity index is 1800. The van der Waals surface area contributed by atoms with Crippen LogP contribution in [0.25, 0.3) is 27.5 Å². The summed E-state index contributed by atoms with van der Waals surface area (Å²) in [5.74, 6) is 3.03. The summed E-state index contributed by atoms with van der Waals surface area (Å²) in [7, 11) is 1.68. The van der Waals surface area contributed by atoms with Gasteiger partial charge in [-0.05, 0) is 59.2 Å². The summed E-state index contributed by atoms with van der Waals surface area (Å²) in [4.78, 5) is 10.1. The number of benzene rings is 4. The first kappa shape index (κ1) is 26.3. The summed E-state index contributed by atoms with van der Waals surface area (Å²) in [5, 5.41) is 14.4. The number of aromatic nitrogens is 4. The van der Waals surface area contributed by atoms with E-state index in [0.29, 0.717) is 18.2 Å². The van der Waals surface area contributed by atoms with E-state index in [9.17, 15) is 0 Å². The van der Waals surface area contributed by atoms with E-state index < -0.39 is 0 Å². The van der Waals surface area contributed by atoms with Gasteiger partial charge in [0, 0.05) is 18.0 Å². The third-order valence-electron chi connectivity index (χ3n) is 7.12. The molecule has 0 bridgehead atoms. The van der Waals surface area contributed by atoms with Crippen LogP contribution in [0.1, 0.15) is 32.0 Å². The number of fused-ring (bicyclic) bond motifs is 2. The van der Waals surface area contributed by atoms with Crippen molar-refractivity contribution in [3.63, 3.8) is 0 Å². The van der Waals surface area contributed by atoms with Crippen LogP contribution in [0.2, 0.25) is 0 Å². The van der Waals surface area contributed by atoms with E-state index in [4.69, 9.17) is 19.8 Å². The molecule has 0 aliphatic rings. The van der Waals surface area contributed by atoms with Gasteiger partial charge in [-0.25, -0.2) is 14.6 Å². The van der Waals surface area contributed by atoms with Crippen LogP contribution in [0, 0.1) is 0 Å². The van der Waals surface area contributed by atoms with Gasteiger partial charge in [-0.2, -0.15) is 5.10 Å². The Morgan fingerprint density at radius 3 is 2.02 bits per heavy atom. The summed E-state index contributed by atoms with van der Waals surface area (Å²) in [6.07, 6.45) is 0.830. The smallest absolute Gasteiger partial charge is 0.175 e. The van der Waals surface area contributed by atoms with Gasteiger partial charge in [-0.3, -0.25) is 0 Å². The Kier molecular flexibility index (Phi) is 7.01. The van der Waals surface area contributed by atoms with E-state index in [2.05, 4.69) is 86.0 Å². The zero-order valence-corrected chi connectivity index (χ0v) is 23.8. The maximum Gasteiger partial charge on any atom is 0.175 e. The second-order valence-corrected chi connectivity index (χ2v) is 11.2. The van der Waals surface area contributed by atoms with Gasteiger partial charge in [0.2, 0.25) is 0 Å². The van der Waals surface area contributed by atoms with Gasteiger partial charge < -0.3 is 15.4 Å². The van der Waals surface area contributed by atoms with E-state index in [0.717, 1.165) is 51.2 Å². The Balaban J connectivity index is 1.39. The van der Waals surface area contributed by atoms with Crippen molar-refractivity contribution in [2.24, 2.45) is 0 Å². The molecule has 6 aromatic rings. The number of rotatable bonds is 8. The zero-order chi connectivity index (χ0) is 28.4. The third-order valence-corrected chi connectivity index (χ3v) is 7.12. The summed E-state index contributed by atoms with van der Waals surface area (Å²) in [5.41, 5.74) is 4.72. The van der Waals surface area contributed by atoms with Crippen molar-refractivity contribution in [2.45, 2.75) is 32.6 Å². The SMILES string of the molecule is COc1ccc(CCNc2nc3cc4ccccc4cc3nc2Nc2cc(C(C)(C)C)nn2-c2ccccc2)cc1. The molecule has 0 radical (unpaired) electrons. The Morgan fingerprint density at radius 1 is 0.756 bits per heavy atom. The molecule has 7 heteroatoms. The standard InChI is InChI=1S/C34H34N6O/c1-34(2,3)30-22-31(40(39-30)26-12-6-5-7-13-26)38-33-32(35-19-18-23-14-16-27(41-4)17-15-23)36-28-20-24-10-8-9-11-25(24)21-29(28)37-33/h5-17,20-22H,18-19H2,1-4H3,(H,35,36)(H,37,38). The molecule has 7 nitrogen and oxygen atoms in total. The number of hydrogen-bond acceptors (Lipinski definition) is 6. The van der Waals surface area contributed by atoms with Gasteiger partial charge in [0.05, 0.1) is 29.5 Å². The monoisotopic (exact) mass is 542 g/mol. The van der Waals surface area contributed by atoms with Crippen LogP contribution in [-0.4, -0.2) is 33.4 Å². The fourth-order valence-electron chi connectivity index (χ4n) is 4.79. The van der Waals surface area contributed by atoms with Crippen LogP contribution in [0.15, 0.2) is 97.1 Å². The van der Waals surface area contributed by atoms with Gasteiger partial charge in [-0.15, -0.1) is 0 Å². The predicted molar refractivity (Wildman–Crippen MR) is 168 cm³/mol. The largest absolute Gasteiger partial charge is 0.497 e. The number of methoxy groups -OCH3 is 1. The number of hydrogen-bond donors (Lipinski definition) is 2. The molecule has 206 valence electrons. The second-order valence-electron chi connectivity index (χ2n) is 11.2. The second kappa shape index (κ2) is 10.9. The molecule has 0 fully saturated rings. The van der Waals surface area contributed by atoms with Crippen LogP contribution >= 0.6 is 0 Å². The van der Waals surface area contributed by atoms with Crippen LogP contribution in [0.5, 0.6) is 5.75 Å². The first-order chi connectivity index (χ1) is 19.9. The highest BCUT2D eigenvalue weighted by Gasteiger charge is 2.22. The minimum Gasteiger partial charge on any atom is -0.497 e. The van der Waals surface area contributed by atoms with Gasteiger partial charge in [0.25, 0.3) is 0 Å². The number of para-hydroxylation sites is 1. The summed E-state index contributed by atoms with van der Waals surface area (Å²) in [6.45, 7) is 7.20. The van der Waals surface area contributed by atoms with Crippen molar-refractivity contribution >= 4 is 39.3 Å². The molecule has 0 aliphatic carbocycles. The highest BCUT2D eigenvalue weighted by molar-refractivity contribution is 5.96. The van der Waals surface area contributed by atoms with Crippen molar-refractivity contribution in [1.82, 2.24) is 19.7 Å². The summed E-state index contributed by atoms with van der Waals surface area (Å²) in [6, 6.07) is 32.9. The maximum atomic E-state index is 5.30. The van der Waals surface area contributed by atoms with E-state index in [1.807, 2.05) is 47.1 Å². The van der Waals surface area contributed by atoms with Crippen LogP contribution in [-0.2, 0) is 11.8 Å². The fourth-order valence-corrected chi connectivity index (χ4v) is 4.79. The van der Waals surface area contributed by atoms with E-state index >= 15 is 0 Å². The molecule has 2 N–H and O–H groups in total. The van der Waals surface area contributed by atoms with Crippen LogP contribution in [0.4, 0.5) is 17.5 Å². The molecule has 0 unspecified atom stereocenters. The first-order valence-electron chi connectivity index (χ1n) is 13.9. The lowest BCUT2D eigenvalue weighted by atomic mass is 9.92. The van der Waals surface area contributed by atoms with E-state index in [1.165, 1.54) is 5.56 Å². The lowest BCUT2D eigenvalue weighted by molar-refractivity contribution is 0.414. The van der Waals surface area contributed by atoms with Gasteiger partial charge in [0.15, 0.2) is 11.6 Å². The molecule has 0 aliphatic heterocycles. The molecule has 41 heavy (non-hydrogen) atoms. The van der Waals surface area contributed by atoms with Crippen LogP contribution < -0.4 is 15.4 Å². The fraction of sp³-hybridized carbons (Fsp3) is 0.206. The zero-order valence-electron chi connectivity index (χ0n) is 23.8. The molecule has 0 saturated heterocycles.